The second kappa shape index (κ2) is 7.86. The zero-order chi connectivity index (χ0) is 22.5. The maximum absolute atomic E-state index is 11.2. The number of amides is 1. The number of ether oxygens (including phenoxy) is 1. The zero-order valence-electron chi connectivity index (χ0n) is 18.0. The summed E-state index contributed by atoms with van der Waals surface area (Å²) in [5.41, 5.74) is 1.46. The van der Waals surface area contributed by atoms with Crippen LogP contribution in [0.1, 0.15) is 43.2 Å². The lowest BCUT2D eigenvalue weighted by Crippen LogP contribution is -2.44. The van der Waals surface area contributed by atoms with E-state index in [4.69, 9.17) is 9.72 Å². The van der Waals surface area contributed by atoms with Gasteiger partial charge in [-0.1, -0.05) is 6.07 Å². The first-order valence-corrected chi connectivity index (χ1v) is 11.5. The van der Waals surface area contributed by atoms with Gasteiger partial charge in [0.1, 0.15) is 12.1 Å². The van der Waals surface area contributed by atoms with Crippen LogP contribution in [0.15, 0.2) is 24.5 Å². The van der Waals surface area contributed by atoms with Gasteiger partial charge in [-0.2, -0.15) is 5.10 Å². The lowest BCUT2D eigenvalue weighted by Gasteiger charge is -2.37. The summed E-state index contributed by atoms with van der Waals surface area (Å²) in [5, 5.41) is 25.6. The Labute approximate surface area is 189 Å². The number of fused-ring (bicyclic) bond motifs is 3. The standard InChI is InChI=1S/C22H25N5O4S/c1-13(2)27-19(23-12-24-27)20-25-18-15-4-3-14(11-16(15)31-10-5-17(18)32-20)22(30)6-8-26(9-7-22)21(28)29/h3-4,11-13,30H,5-10H2,1-2H3,(H,28,29). The van der Waals surface area contributed by atoms with Crippen molar-refractivity contribution in [1.29, 1.82) is 0 Å². The Kier molecular flexibility index (Phi) is 5.13. The molecule has 2 N–H and O–H groups in total. The molecule has 168 valence electrons. The van der Waals surface area contributed by atoms with E-state index in [1.807, 2.05) is 22.9 Å². The number of carbonyl (C=O) groups is 1. The van der Waals surface area contributed by atoms with Gasteiger partial charge in [0.15, 0.2) is 10.8 Å². The van der Waals surface area contributed by atoms with Crippen LogP contribution in [0.2, 0.25) is 0 Å². The minimum Gasteiger partial charge on any atom is -0.492 e. The molecule has 2 aromatic heterocycles. The lowest BCUT2D eigenvalue weighted by atomic mass is 9.84. The average Bonchev–Trinajstić information content (AvgIpc) is 3.38. The Bertz CT molecular complexity index is 1160. The lowest BCUT2D eigenvalue weighted by molar-refractivity contribution is -0.0214. The predicted octanol–water partition coefficient (Wildman–Crippen LogP) is 3.55. The molecule has 0 bridgehead atoms. The molecule has 10 heteroatoms. The van der Waals surface area contributed by atoms with Gasteiger partial charge >= 0.3 is 6.09 Å². The highest BCUT2D eigenvalue weighted by molar-refractivity contribution is 7.15. The first kappa shape index (κ1) is 20.9. The topological polar surface area (TPSA) is 114 Å². The van der Waals surface area contributed by atoms with Crippen molar-refractivity contribution in [3.05, 3.63) is 35.0 Å². The highest BCUT2D eigenvalue weighted by Gasteiger charge is 2.36. The van der Waals surface area contributed by atoms with Crippen molar-refractivity contribution in [3.63, 3.8) is 0 Å². The van der Waals surface area contributed by atoms with Gasteiger partial charge < -0.3 is 19.8 Å². The first-order chi connectivity index (χ1) is 15.4. The summed E-state index contributed by atoms with van der Waals surface area (Å²) in [7, 11) is 0. The molecule has 1 fully saturated rings. The first-order valence-electron chi connectivity index (χ1n) is 10.7. The number of hydrogen-bond donors (Lipinski definition) is 2. The largest absolute Gasteiger partial charge is 0.492 e. The molecular formula is C22H25N5O4S. The molecule has 5 rings (SSSR count). The third-order valence-electron chi connectivity index (χ3n) is 6.17. The molecule has 0 saturated carbocycles. The summed E-state index contributed by atoms with van der Waals surface area (Å²) >= 11 is 1.61. The van der Waals surface area contributed by atoms with Crippen LogP contribution in [0.25, 0.3) is 22.1 Å². The smallest absolute Gasteiger partial charge is 0.407 e. The Hall–Kier alpha value is -2.98. The second-order valence-corrected chi connectivity index (χ2v) is 9.61. The normalized spacial score (nSPS) is 17.4. The molecule has 0 spiro atoms. The van der Waals surface area contributed by atoms with Crippen LogP contribution in [-0.4, -0.2) is 60.7 Å². The van der Waals surface area contributed by atoms with E-state index < -0.39 is 11.7 Å². The highest BCUT2D eigenvalue weighted by atomic mass is 32.1. The minimum atomic E-state index is -1.07. The van der Waals surface area contributed by atoms with Gasteiger partial charge in [0.25, 0.3) is 0 Å². The molecule has 4 heterocycles. The molecule has 1 aromatic carbocycles. The van der Waals surface area contributed by atoms with Crippen molar-refractivity contribution < 1.29 is 19.7 Å². The van der Waals surface area contributed by atoms with E-state index in [9.17, 15) is 15.0 Å². The number of nitrogens with zero attached hydrogens (tertiary/aromatic N) is 5. The van der Waals surface area contributed by atoms with E-state index >= 15 is 0 Å². The third-order valence-corrected chi connectivity index (χ3v) is 7.28. The van der Waals surface area contributed by atoms with Crippen LogP contribution in [-0.2, 0) is 12.0 Å². The van der Waals surface area contributed by atoms with E-state index in [0.717, 1.165) is 39.0 Å². The molecule has 0 radical (unpaired) electrons. The second-order valence-electron chi connectivity index (χ2n) is 8.52. The van der Waals surface area contributed by atoms with Crippen LogP contribution in [0.4, 0.5) is 4.79 Å². The number of piperidine rings is 1. The fraction of sp³-hybridized carbons (Fsp3) is 0.455. The molecule has 1 saturated heterocycles. The molecule has 2 aliphatic rings. The van der Waals surface area contributed by atoms with Crippen molar-refractivity contribution >= 4 is 17.4 Å². The maximum atomic E-state index is 11.2. The fourth-order valence-corrected chi connectivity index (χ4v) is 5.39. The number of likely N-dealkylation sites (tertiary alicyclic amines) is 1. The summed E-state index contributed by atoms with van der Waals surface area (Å²) in [4.78, 5) is 23.0. The summed E-state index contributed by atoms with van der Waals surface area (Å²) in [6.45, 7) is 5.26. The number of hydrogen-bond acceptors (Lipinski definition) is 7. The van der Waals surface area contributed by atoms with Gasteiger partial charge in [-0.15, -0.1) is 11.3 Å². The van der Waals surface area contributed by atoms with Gasteiger partial charge in [-0.05, 0) is 44.4 Å². The molecule has 32 heavy (non-hydrogen) atoms. The van der Waals surface area contributed by atoms with E-state index in [1.165, 1.54) is 4.90 Å². The predicted molar refractivity (Wildman–Crippen MR) is 119 cm³/mol. The van der Waals surface area contributed by atoms with E-state index in [1.54, 1.807) is 17.7 Å². The van der Waals surface area contributed by atoms with Crippen molar-refractivity contribution in [2.24, 2.45) is 0 Å². The molecule has 9 nitrogen and oxygen atoms in total. The summed E-state index contributed by atoms with van der Waals surface area (Å²) in [5.74, 6) is 1.45. The van der Waals surface area contributed by atoms with Crippen LogP contribution < -0.4 is 4.74 Å². The highest BCUT2D eigenvalue weighted by Crippen LogP contribution is 2.43. The van der Waals surface area contributed by atoms with Crippen molar-refractivity contribution in [1.82, 2.24) is 24.6 Å². The number of rotatable bonds is 3. The third kappa shape index (κ3) is 3.53. The van der Waals surface area contributed by atoms with Gasteiger partial charge in [0.2, 0.25) is 0 Å². The SMILES string of the molecule is CC(C)n1ncnc1-c1nc2c(s1)CCOc1cc(C3(O)CCN(C(=O)O)CC3)ccc1-2. The number of aromatic nitrogens is 4. The zero-order valence-corrected chi connectivity index (χ0v) is 18.8. The monoisotopic (exact) mass is 455 g/mol. The molecular weight excluding hydrogens is 430 g/mol. The molecule has 0 unspecified atom stereocenters. The quantitative estimate of drug-likeness (QED) is 0.621. The Morgan fingerprint density at radius 2 is 2.06 bits per heavy atom. The Balaban J connectivity index is 1.48. The van der Waals surface area contributed by atoms with E-state index in [-0.39, 0.29) is 6.04 Å². The van der Waals surface area contributed by atoms with Crippen molar-refractivity contribution in [3.8, 4) is 27.8 Å². The van der Waals surface area contributed by atoms with Crippen LogP contribution in [0.5, 0.6) is 5.75 Å². The van der Waals surface area contributed by atoms with Crippen LogP contribution >= 0.6 is 11.3 Å². The minimum absolute atomic E-state index is 0.183. The maximum Gasteiger partial charge on any atom is 0.407 e. The van der Waals surface area contributed by atoms with Gasteiger partial charge in [-0.3, -0.25) is 0 Å². The van der Waals surface area contributed by atoms with Crippen LogP contribution in [0.3, 0.4) is 0 Å². The Morgan fingerprint density at radius 1 is 1.28 bits per heavy atom. The summed E-state index contributed by atoms with van der Waals surface area (Å²) in [6.07, 6.45) is 2.06. The summed E-state index contributed by atoms with van der Waals surface area (Å²) < 4.78 is 7.91. The fourth-order valence-electron chi connectivity index (χ4n) is 4.35. The average molecular weight is 456 g/mol. The van der Waals surface area contributed by atoms with Crippen molar-refractivity contribution in [2.75, 3.05) is 19.7 Å². The Morgan fingerprint density at radius 3 is 2.78 bits per heavy atom. The van der Waals surface area contributed by atoms with Gasteiger partial charge in [0, 0.05) is 36.0 Å². The summed E-state index contributed by atoms with van der Waals surface area (Å²) in [6, 6.07) is 5.93. The molecule has 0 aliphatic carbocycles. The van der Waals surface area contributed by atoms with Gasteiger partial charge in [-0.25, -0.2) is 19.4 Å². The number of carboxylic acid groups (broad SMARTS) is 1. The van der Waals surface area contributed by atoms with Gasteiger partial charge in [0.05, 0.1) is 17.9 Å². The number of benzene rings is 1. The molecule has 1 amide bonds. The number of thiazole rings is 1. The van der Waals surface area contributed by atoms with E-state index in [2.05, 4.69) is 23.9 Å². The van der Waals surface area contributed by atoms with Crippen molar-refractivity contribution in [2.45, 2.75) is 44.8 Å². The molecule has 2 aliphatic heterocycles. The van der Waals surface area contributed by atoms with Crippen LogP contribution in [0, 0.1) is 0 Å². The van der Waals surface area contributed by atoms with E-state index in [0.29, 0.717) is 38.3 Å². The molecule has 0 atom stereocenters. The molecule has 3 aromatic rings. The number of aliphatic hydroxyl groups is 1.